The van der Waals surface area contributed by atoms with Gasteiger partial charge in [-0.3, -0.25) is 0 Å². The van der Waals surface area contributed by atoms with Gasteiger partial charge in [0.25, 0.3) is 0 Å². The van der Waals surface area contributed by atoms with Crippen molar-refractivity contribution in [3.8, 4) is 0 Å². The van der Waals surface area contributed by atoms with Crippen LogP contribution in [0.25, 0.3) is 10.9 Å². The molecule has 0 radical (unpaired) electrons. The van der Waals surface area contributed by atoms with Crippen molar-refractivity contribution < 1.29 is 9.53 Å². The number of nitrogens with zero attached hydrogens (tertiary/aromatic N) is 4. The molecule has 0 saturated carbocycles. The number of benzene rings is 3. The van der Waals surface area contributed by atoms with Gasteiger partial charge in [0.1, 0.15) is 12.6 Å². The molecule has 0 aliphatic carbocycles. The Hall–Kier alpha value is -4.56. The van der Waals surface area contributed by atoms with Gasteiger partial charge in [-0.15, -0.1) is 5.10 Å². The highest BCUT2D eigenvalue weighted by Gasteiger charge is 2.37. The lowest BCUT2D eigenvalue weighted by Crippen LogP contribution is -2.29. The molecule has 1 aliphatic heterocycles. The second-order valence-corrected chi connectivity index (χ2v) is 10.5. The number of carbonyl (C=O) groups is 1. The molecule has 3 aromatic carbocycles. The molecule has 0 fully saturated rings. The minimum atomic E-state index is -0.519. The zero-order chi connectivity index (χ0) is 27.5. The van der Waals surface area contributed by atoms with E-state index in [9.17, 15) is 4.79 Å². The lowest BCUT2D eigenvalue weighted by atomic mass is 9.95. The van der Waals surface area contributed by atoms with E-state index in [1.54, 1.807) is 17.8 Å². The van der Waals surface area contributed by atoms with Gasteiger partial charge in [0.05, 0.1) is 5.57 Å². The highest BCUT2D eigenvalue weighted by Crippen LogP contribution is 2.40. The van der Waals surface area contributed by atoms with Crippen molar-refractivity contribution in [2.24, 2.45) is 0 Å². The average molecular weight is 548 g/mol. The number of nitrogens with one attached hydrogen (secondary N) is 1. The number of hydrogen-bond donors (Lipinski definition) is 1. The number of esters is 1. The van der Waals surface area contributed by atoms with Crippen LogP contribution in [0.5, 0.6) is 0 Å². The molecule has 1 atom stereocenters. The summed E-state index contributed by atoms with van der Waals surface area (Å²) in [6.07, 6.45) is 3.70. The molecule has 1 N–H and O–H groups in total. The summed E-state index contributed by atoms with van der Waals surface area (Å²) in [6.45, 7) is 6.41. The Labute approximate surface area is 237 Å². The number of anilines is 1. The highest BCUT2D eigenvalue weighted by molar-refractivity contribution is 7.98. The molecule has 0 amide bonds. The van der Waals surface area contributed by atoms with Gasteiger partial charge in [-0.1, -0.05) is 103 Å². The molecule has 0 saturated heterocycles. The summed E-state index contributed by atoms with van der Waals surface area (Å²) >= 11 is 1.56. The van der Waals surface area contributed by atoms with Crippen molar-refractivity contribution in [2.45, 2.75) is 30.4 Å². The molecule has 40 heavy (non-hydrogen) atoms. The molecule has 0 bridgehead atoms. The third kappa shape index (κ3) is 5.05. The second-order valence-electron chi connectivity index (χ2n) is 9.61. The molecule has 0 spiro atoms. The number of hydrogen-bond acceptors (Lipinski definition) is 6. The zero-order valence-electron chi connectivity index (χ0n) is 22.2. The summed E-state index contributed by atoms with van der Waals surface area (Å²) in [5.74, 6) is 0.930. The van der Waals surface area contributed by atoms with Crippen LogP contribution in [0.1, 0.15) is 29.7 Å². The van der Waals surface area contributed by atoms with Crippen LogP contribution in [0, 0.1) is 0 Å². The van der Waals surface area contributed by atoms with Gasteiger partial charge in [-0.25, -0.2) is 9.48 Å². The number of carbonyl (C=O) groups excluding carboxylic acids is 1. The normalized spacial score (nSPS) is 14.6. The van der Waals surface area contributed by atoms with E-state index in [0.717, 1.165) is 22.2 Å². The fourth-order valence-electron chi connectivity index (χ4n) is 5.08. The molecule has 3 heterocycles. The Morgan fingerprint density at radius 2 is 1.73 bits per heavy atom. The van der Waals surface area contributed by atoms with Crippen LogP contribution < -0.4 is 5.32 Å². The molecule has 8 heteroatoms. The third-order valence-corrected chi connectivity index (χ3v) is 7.81. The first kappa shape index (κ1) is 25.7. The van der Waals surface area contributed by atoms with Gasteiger partial charge in [0, 0.05) is 40.7 Å². The maximum Gasteiger partial charge on any atom is 0.338 e. The number of fused-ring (bicyclic) bond motifs is 2. The monoisotopic (exact) mass is 547 g/mol. The van der Waals surface area contributed by atoms with Crippen molar-refractivity contribution in [1.82, 2.24) is 19.3 Å². The van der Waals surface area contributed by atoms with Crippen molar-refractivity contribution in [3.05, 3.63) is 132 Å². The van der Waals surface area contributed by atoms with Gasteiger partial charge < -0.3 is 14.6 Å². The van der Waals surface area contributed by atoms with Gasteiger partial charge in [0.15, 0.2) is 0 Å². The average Bonchev–Trinajstić information content (AvgIpc) is 3.56. The molecule has 200 valence electrons. The van der Waals surface area contributed by atoms with E-state index in [2.05, 4.69) is 59.1 Å². The number of aromatic nitrogens is 4. The Bertz CT molecular complexity index is 1710. The SMILES string of the molecule is C=CCOC(=O)C1=C(C)Nc2nc(SCc3ccccc3)nn2C1c1cn(Cc2ccccc2)c2ccccc12. The molecular formula is C32H29N5O2S. The standard InChI is InChI=1S/C32H29N5O2S/c1-3-18-39-30(38)28-22(2)33-31-34-32(40-21-24-14-8-5-9-15-24)35-37(31)29(28)26-20-36(19-23-12-6-4-7-13-23)27-17-11-10-16-25(26)27/h3-17,20,29H,1,18-19,21H2,2H3,(H,33,34,35). The minimum absolute atomic E-state index is 0.125. The van der Waals surface area contributed by atoms with Crippen molar-refractivity contribution in [2.75, 3.05) is 11.9 Å². The zero-order valence-corrected chi connectivity index (χ0v) is 23.0. The van der Waals surface area contributed by atoms with E-state index in [4.69, 9.17) is 14.8 Å². The first-order valence-electron chi connectivity index (χ1n) is 13.1. The minimum Gasteiger partial charge on any atom is -0.458 e. The van der Waals surface area contributed by atoms with Gasteiger partial charge in [-0.05, 0) is 24.1 Å². The number of para-hydroxylation sites is 1. The van der Waals surface area contributed by atoms with Crippen molar-refractivity contribution in [3.63, 3.8) is 0 Å². The number of thioether (sulfide) groups is 1. The van der Waals surface area contributed by atoms with Crippen LogP contribution in [0.2, 0.25) is 0 Å². The summed E-state index contributed by atoms with van der Waals surface area (Å²) in [5, 5.41) is 9.89. The molecule has 5 aromatic rings. The maximum absolute atomic E-state index is 13.5. The van der Waals surface area contributed by atoms with E-state index in [1.165, 1.54) is 11.1 Å². The van der Waals surface area contributed by atoms with Crippen molar-refractivity contribution in [1.29, 1.82) is 0 Å². The van der Waals surface area contributed by atoms with E-state index < -0.39 is 12.0 Å². The predicted molar refractivity (Wildman–Crippen MR) is 159 cm³/mol. The van der Waals surface area contributed by atoms with Crippen LogP contribution >= 0.6 is 11.8 Å². The number of ether oxygens (including phenoxy) is 1. The van der Waals surface area contributed by atoms with Crippen LogP contribution in [-0.4, -0.2) is 31.9 Å². The summed E-state index contributed by atoms with van der Waals surface area (Å²) in [5.41, 5.74) is 5.62. The van der Waals surface area contributed by atoms with E-state index in [-0.39, 0.29) is 6.61 Å². The van der Waals surface area contributed by atoms with Crippen LogP contribution in [0.3, 0.4) is 0 Å². The summed E-state index contributed by atoms with van der Waals surface area (Å²) in [7, 11) is 0. The van der Waals surface area contributed by atoms with E-state index in [0.29, 0.717) is 28.9 Å². The fraction of sp³-hybridized carbons (Fsp3) is 0.156. The third-order valence-electron chi connectivity index (χ3n) is 6.91. The topological polar surface area (TPSA) is 74.0 Å². The molecule has 7 nitrogen and oxygen atoms in total. The molecule has 6 rings (SSSR count). The quantitative estimate of drug-likeness (QED) is 0.127. The summed E-state index contributed by atoms with van der Waals surface area (Å²) in [6, 6.07) is 28.3. The van der Waals surface area contributed by atoms with Gasteiger partial charge in [0.2, 0.25) is 11.1 Å². The number of rotatable bonds is 9. The molecule has 1 unspecified atom stereocenters. The lowest BCUT2D eigenvalue weighted by Gasteiger charge is -2.27. The van der Waals surface area contributed by atoms with E-state index >= 15 is 0 Å². The molecule has 1 aliphatic rings. The lowest BCUT2D eigenvalue weighted by molar-refractivity contribution is -0.138. The predicted octanol–water partition coefficient (Wildman–Crippen LogP) is 6.59. The molecule has 2 aromatic heterocycles. The van der Waals surface area contributed by atoms with Crippen LogP contribution in [-0.2, 0) is 21.8 Å². The Morgan fingerprint density at radius 3 is 2.48 bits per heavy atom. The Kier molecular flexibility index (Phi) is 7.25. The Morgan fingerprint density at radius 1 is 1.02 bits per heavy atom. The van der Waals surface area contributed by atoms with Gasteiger partial charge >= 0.3 is 5.97 Å². The summed E-state index contributed by atoms with van der Waals surface area (Å²) < 4.78 is 9.61. The van der Waals surface area contributed by atoms with Gasteiger partial charge in [-0.2, -0.15) is 4.98 Å². The second kappa shape index (κ2) is 11.3. The smallest absolute Gasteiger partial charge is 0.338 e. The van der Waals surface area contributed by atoms with E-state index in [1.807, 2.05) is 60.1 Å². The summed E-state index contributed by atoms with van der Waals surface area (Å²) in [4.78, 5) is 18.3. The fourth-order valence-corrected chi connectivity index (χ4v) is 5.87. The Balaban J connectivity index is 1.45. The highest BCUT2D eigenvalue weighted by atomic mass is 32.2. The van der Waals surface area contributed by atoms with Crippen LogP contribution in [0.15, 0.2) is 120 Å². The largest absolute Gasteiger partial charge is 0.458 e. The first-order valence-corrected chi connectivity index (χ1v) is 14.1. The van der Waals surface area contributed by atoms with Crippen LogP contribution in [0.4, 0.5) is 5.95 Å². The first-order chi connectivity index (χ1) is 19.6. The molecular weight excluding hydrogens is 518 g/mol. The maximum atomic E-state index is 13.5. The van der Waals surface area contributed by atoms with Crippen molar-refractivity contribution >= 4 is 34.6 Å². The number of allylic oxidation sites excluding steroid dienone is 1.